The number of rotatable bonds is 7. The molecular formula is C22H23NO4. The average molecular weight is 365 g/mol. The molecule has 0 saturated heterocycles. The number of hydrogen-bond donors (Lipinski definition) is 0. The van der Waals surface area contributed by atoms with E-state index in [1.807, 2.05) is 42.5 Å². The molecule has 0 spiro atoms. The predicted octanol–water partition coefficient (Wildman–Crippen LogP) is 3.91. The van der Waals surface area contributed by atoms with Gasteiger partial charge in [-0.1, -0.05) is 49.8 Å². The number of ketones is 1. The summed E-state index contributed by atoms with van der Waals surface area (Å²) < 4.78 is 10.7. The van der Waals surface area contributed by atoms with Crippen LogP contribution in [0.15, 0.2) is 70.6 Å². The second-order valence-corrected chi connectivity index (χ2v) is 6.51. The molecule has 1 aromatic rings. The van der Waals surface area contributed by atoms with Gasteiger partial charge in [-0.05, 0) is 24.0 Å². The zero-order valence-corrected chi connectivity index (χ0v) is 15.6. The number of hydrogen-bond acceptors (Lipinski definition) is 5. The van der Waals surface area contributed by atoms with Crippen LogP contribution in [0.5, 0.6) is 0 Å². The number of esters is 1. The summed E-state index contributed by atoms with van der Waals surface area (Å²) in [5.41, 5.74) is 2.64. The Morgan fingerprint density at radius 1 is 1.22 bits per heavy atom. The Balaban J connectivity index is 1.86. The maximum Gasteiger partial charge on any atom is 0.343 e. The Morgan fingerprint density at radius 2 is 2.00 bits per heavy atom. The van der Waals surface area contributed by atoms with Crippen molar-refractivity contribution >= 4 is 17.5 Å². The quantitative estimate of drug-likeness (QED) is 0.543. The summed E-state index contributed by atoms with van der Waals surface area (Å²) in [5.74, 6) is -0.745. The fourth-order valence-electron chi connectivity index (χ4n) is 3.09. The maximum atomic E-state index is 12.7. The van der Waals surface area contributed by atoms with Gasteiger partial charge in [0.15, 0.2) is 5.78 Å². The average Bonchev–Trinajstić information content (AvgIpc) is 2.71. The van der Waals surface area contributed by atoms with E-state index >= 15 is 0 Å². The molecule has 140 valence electrons. The summed E-state index contributed by atoms with van der Waals surface area (Å²) in [5, 5.41) is 0. The molecule has 0 amide bonds. The van der Waals surface area contributed by atoms with Gasteiger partial charge in [-0.3, -0.25) is 9.79 Å². The smallest absolute Gasteiger partial charge is 0.343 e. The van der Waals surface area contributed by atoms with Gasteiger partial charge in [-0.2, -0.15) is 0 Å². The first kappa shape index (κ1) is 18.8. The minimum absolute atomic E-state index is 0.0144. The predicted molar refractivity (Wildman–Crippen MR) is 103 cm³/mol. The van der Waals surface area contributed by atoms with Crippen LogP contribution in [-0.2, 0) is 25.7 Å². The molecule has 0 radical (unpaired) electrons. The lowest BCUT2D eigenvalue weighted by atomic mass is 9.84. The third-order valence-corrected chi connectivity index (χ3v) is 4.61. The van der Waals surface area contributed by atoms with Gasteiger partial charge >= 0.3 is 5.97 Å². The number of Topliss-reactive ketones (excluding diaryl/α,β-unsaturated/α-hetero) is 1. The summed E-state index contributed by atoms with van der Waals surface area (Å²) in [6, 6.07) is 9.93. The number of aliphatic imine (C=N–C) groups is 1. The Bertz CT molecular complexity index is 846. The van der Waals surface area contributed by atoms with Crippen molar-refractivity contribution in [2.75, 3.05) is 7.11 Å². The molecule has 0 bridgehead atoms. The first-order valence-corrected chi connectivity index (χ1v) is 9.14. The molecule has 1 aliphatic carbocycles. The second-order valence-electron chi connectivity index (χ2n) is 6.51. The van der Waals surface area contributed by atoms with E-state index in [9.17, 15) is 9.59 Å². The number of unbranched alkanes of at least 4 members (excludes halogenated alkanes) is 1. The third-order valence-electron chi connectivity index (χ3n) is 4.61. The Kier molecular flexibility index (Phi) is 6.01. The number of allylic oxidation sites excluding steroid dienone is 3. The first-order valence-electron chi connectivity index (χ1n) is 9.14. The summed E-state index contributed by atoms with van der Waals surface area (Å²) in [7, 11) is 1.26. The Labute approximate surface area is 159 Å². The SMILES string of the molecule is CCCCC1=CC2C(=O)C(C(=O)OC)=CN=C2C=C1OCc1ccccc1. The van der Waals surface area contributed by atoms with Crippen molar-refractivity contribution < 1.29 is 19.1 Å². The zero-order chi connectivity index (χ0) is 19.2. The first-order chi connectivity index (χ1) is 13.1. The highest BCUT2D eigenvalue weighted by atomic mass is 16.5. The minimum Gasteiger partial charge on any atom is -0.489 e. The molecule has 1 heterocycles. The molecular weight excluding hydrogens is 342 g/mol. The minimum atomic E-state index is -0.651. The van der Waals surface area contributed by atoms with Crippen LogP contribution >= 0.6 is 0 Å². The Morgan fingerprint density at radius 3 is 2.70 bits per heavy atom. The lowest BCUT2D eigenvalue weighted by Crippen LogP contribution is -2.31. The van der Waals surface area contributed by atoms with Crippen molar-refractivity contribution in [3.63, 3.8) is 0 Å². The molecule has 0 aromatic heterocycles. The summed E-state index contributed by atoms with van der Waals surface area (Å²) in [4.78, 5) is 28.8. The van der Waals surface area contributed by atoms with E-state index in [2.05, 4.69) is 16.7 Å². The number of nitrogens with zero attached hydrogens (tertiary/aromatic N) is 1. The van der Waals surface area contributed by atoms with Crippen molar-refractivity contribution in [3.05, 3.63) is 71.2 Å². The van der Waals surface area contributed by atoms with Gasteiger partial charge < -0.3 is 9.47 Å². The van der Waals surface area contributed by atoms with E-state index in [-0.39, 0.29) is 11.4 Å². The van der Waals surface area contributed by atoms with E-state index < -0.39 is 11.9 Å². The van der Waals surface area contributed by atoms with Gasteiger partial charge in [-0.15, -0.1) is 0 Å². The lowest BCUT2D eigenvalue weighted by molar-refractivity contribution is -0.138. The van der Waals surface area contributed by atoms with E-state index in [4.69, 9.17) is 4.74 Å². The summed E-state index contributed by atoms with van der Waals surface area (Å²) in [6.45, 7) is 2.57. The molecule has 5 nitrogen and oxygen atoms in total. The molecule has 0 saturated carbocycles. The van der Waals surface area contributed by atoms with Gasteiger partial charge in [0.1, 0.15) is 17.9 Å². The van der Waals surface area contributed by atoms with Crippen LogP contribution in [0.4, 0.5) is 0 Å². The van der Waals surface area contributed by atoms with Crippen molar-refractivity contribution in [2.45, 2.75) is 32.8 Å². The lowest BCUT2D eigenvalue weighted by Gasteiger charge is -2.25. The largest absolute Gasteiger partial charge is 0.489 e. The maximum absolute atomic E-state index is 12.7. The van der Waals surface area contributed by atoms with Crippen LogP contribution in [0.25, 0.3) is 0 Å². The fourth-order valence-corrected chi connectivity index (χ4v) is 3.09. The number of benzene rings is 1. The monoisotopic (exact) mass is 365 g/mol. The number of ether oxygens (including phenoxy) is 2. The van der Waals surface area contributed by atoms with Gasteiger partial charge in [0.05, 0.1) is 18.7 Å². The number of carbonyl (C=O) groups is 2. The second kappa shape index (κ2) is 8.62. The van der Waals surface area contributed by atoms with Crippen LogP contribution in [0.2, 0.25) is 0 Å². The molecule has 1 unspecified atom stereocenters. The van der Waals surface area contributed by atoms with Crippen LogP contribution in [0, 0.1) is 5.92 Å². The van der Waals surface area contributed by atoms with Crippen LogP contribution in [-0.4, -0.2) is 24.6 Å². The van der Waals surface area contributed by atoms with E-state index in [1.165, 1.54) is 13.3 Å². The molecule has 3 rings (SSSR count). The van der Waals surface area contributed by atoms with E-state index in [0.717, 1.165) is 36.2 Å². The highest BCUT2D eigenvalue weighted by molar-refractivity contribution is 6.28. The van der Waals surface area contributed by atoms with E-state index in [0.29, 0.717) is 12.3 Å². The van der Waals surface area contributed by atoms with Crippen LogP contribution in [0.3, 0.4) is 0 Å². The van der Waals surface area contributed by atoms with Crippen molar-refractivity contribution in [1.82, 2.24) is 0 Å². The Hall–Kier alpha value is -2.95. The van der Waals surface area contributed by atoms with Gasteiger partial charge in [0.2, 0.25) is 0 Å². The van der Waals surface area contributed by atoms with Crippen molar-refractivity contribution in [3.8, 4) is 0 Å². The van der Waals surface area contributed by atoms with Gasteiger partial charge in [-0.25, -0.2) is 4.79 Å². The summed E-state index contributed by atoms with van der Waals surface area (Å²) >= 11 is 0. The molecule has 0 N–H and O–H groups in total. The highest BCUT2D eigenvalue weighted by Crippen LogP contribution is 2.31. The van der Waals surface area contributed by atoms with Crippen LogP contribution < -0.4 is 0 Å². The molecule has 1 aliphatic heterocycles. The summed E-state index contributed by atoms with van der Waals surface area (Å²) in [6.07, 6.45) is 7.83. The molecule has 1 atom stereocenters. The molecule has 0 fully saturated rings. The van der Waals surface area contributed by atoms with Crippen molar-refractivity contribution in [2.24, 2.45) is 10.9 Å². The number of methoxy groups -OCH3 is 1. The van der Waals surface area contributed by atoms with Gasteiger partial charge in [0, 0.05) is 12.3 Å². The highest BCUT2D eigenvalue weighted by Gasteiger charge is 2.34. The zero-order valence-electron chi connectivity index (χ0n) is 15.6. The topological polar surface area (TPSA) is 65.0 Å². The third kappa shape index (κ3) is 4.25. The molecule has 1 aromatic carbocycles. The van der Waals surface area contributed by atoms with Crippen molar-refractivity contribution in [1.29, 1.82) is 0 Å². The van der Waals surface area contributed by atoms with Crippen LogP contribution in [0.1, 0.15) is 31.7 Å². The standard InChI is InChI=1S/C22H23NO4/c1-3-4-10-16-11-17-19(23-13-18(21(17)24)22(25)26-2)12-20(16)27-14-15-8-6-5-7-9-15/h5-9,11-13,17H,3-4,10,14H2,1-2H3. The molecule has 5 heteroatoms. The number of fused-ring (bicyclic) bond motifs is 1. The van der Waals surface area contributed by atoms with E-state index in [1.54, 1.807) is 0 Å². The number of carbonyl (C=O) groups excluding carboxylic acids is 2. The molecule has 27 heavy (non-hydrogen) atoms. The van der Waals surface area contributed by atoms with Gasteiger partial charge in [0.25, 0.3) is 0 Å². The fraction of sp³-hybridized carbons (Fsp3) is 0.318. The molecule has 2 aliphatic rings. The normalized spacial score (nSPS) is 18.6.